The van der Waals surface area contributed by atoms with Gasteiger partial charge in [0.25, 0.3) is 0 Å². The highest BCUT2D eigenvalue weighted by Gasteiger charge is 2.35. The third-order valence-electron chi connectivity index (χ3n) is 5.42. The molecule has 0 unspecified atom stereocenters. The van der Waals surface area contributed by atoms with Crippen LogP contribution in [0.4, 0.5) is 5.69 Å². The molecule has 2 fully saturated rings. The highest BCUT2D eigenvalue weighted by Crippen LogP contribution is 2.39. The molecule has 0 bridgehead atoms. The van der Waals surface area contributed by atoms with Gasteiger partial charge >= 0.3 is 0 Å². The summed E-state index contributed by atoms with van der Waals surface area (Å²) >= 11 is 0. The Labute approximate surface area is 180 Å². The first-order valence-corrected chi connectivity index (χ1v) is 12.9. The molecule has 0 aliphatic carbocycles. The third-order valence-corrected chi connectivity index (χ3v) is 8.11. The van der Waals surface area contributed by atoms with Crippen LogP contribution in [-0.2, 0) is 20.0 Å². The van der Waals surface area contributed by atoms with E-state index in [9.17, 15) is 16.8 Å². The second-order valence-electron chi connectivity index (χ2n) is 7.73. The Morgan fingerprint density at radius 1 is 1.19 bits per heavy atom. The summed E-state index contributed by atoms with van der Waals surface area (Å²) in [4.78, 5) is 0.870. The van der Waals surface area contributed by atoms with Gasteiger partial charge in [0.2, 0.25) is 25.9 Å². The number of aromatic amines is 1. The van der Waals surface area contributed by atoms with Crippen molar-refractivity contribution in [3.8, 4) is 11.4 Å². The molecule has 1 aromatic heterocycles. The SMILES string of the molecule is N[C@@H]1CCCN(c2ccc(S(=O)(=O)N[C@@H]3CCNC3)c(S(N)(=O)=O)c2-c2nn[nH]n2)C1. The van der Waals surface area contributed by atoms with Crippen molar-refractivity contribution in [1.29, 1.82) is 0 Å². The van der Waals surface area contributed by atoms with Crippen LogP contribution in [0.25, 0.3) is 11.4 Å². The van der Waals surface area contributed by atoms with E-state index < -0.39 is 29.8 Å². The number of anilines is 1. The van der Waals surface area contributed by atoms with E-state index in [2.05, 4.69) is 30.7 Å². The summed E-state index contributed by atoms with van der Waals surface area (Å²) in [7, 11) is -8.70. The molecule has 13 nitrogen and oxygen atoms in total. The molecule has 2 aromatic rings. The molecule has 0 radical (unpaired) electrons. The van der Waals surface area contributed by atoms with Crippen molar-refractivity contribution >= 4 is 25.7 Å². The number of hydrogen-bond donors (Lipinski definition) is 5. The topological polar surface area (TPSA) is 202 Å². The molecular formula is C16H25N9O4S2. The van der Waals surface area contributed by atoms with Crippen molar-refractivity contribution in [3.05, 3.63) is 12.1 Å². The van der Waals surface area contributed by atoms with Gasteiger partial charge in [0.1, 0.15) is 9.79 Å². The lowest BCUT2D eigenvalue weighted by Gasteiger charge is -2.34. The molecule has 3 heterocycles. The fraction of sp³-hybridized carbons (Fsp3) is 0.562. The molecule has 0 amide bonds. The van der Waals surface area contributed by atoms with E-state index in [1.165, 1.54) is 6.07 Å². The van der Waals surface area contributed by atoms with Crippen molar-refractivity contribution in [2.24, 2.45) is 10.9 Å². The predicted molar refractivity (Wildman–Crippen MR) is 112 cm³/mol. The van der Waals surface area contributed by atoms with Crippen molar-refractivity contribution in [2.75, 3.05) is 31.1 Å². The number of nitrogens with zero attached hydrogens (tertiary/aromatic N) is 4. The maximum absolute atomic E-state index is 13.2. The minimum Gasteiger partial charge on any atom is -0.369 e. The molecule has 0 spiro atoms. The Bertz CT molecular complexity index is 1150. The fourth-order valence-corrected chi connectivity index (χ4v) is 6.93. The number of tetrazole rings is 1. The number of sulfonamides is 2. The van der Waals surface area contributed by atoms with Gasteiger partial charge in [0.05, 0.1) is 5.56 Å². The summed E-state index contributed by atoms with van der Waals surface area (Å²) in [6, 6.07) is 2.33. The number of piperidine rings is 1. The predicted octanol–water partition coefficient (Wildman–Crippen LogP) is -1.92. The highest BCUT2D eigenvalue weighted by molar-refractivity contribution is 7.92. The number of H-pyrrole nitrogens is 1. The first kappa shape index (κ1) is 22.0. The Morgan fingerprint density at radius 2 is 2.00 bits per heavy atom. The molecule has 4 rings (SSSR count). The van der Waals surface area contributed by atoms with Crippen molar-refractivity contribution in [1.82, 2.24) is 30.7 Å². The lowest BCUT2D eigenvalue weighted by Crippen LogP contribution is -2.43. The minimum atomic E-state index is -4.50. The van der Waals surface area contributed by atoms with Gasteiger partial charge in [-0.1, -0.05) is 0 Å². The van der Waals surface area contributed by atoms with E-state index in [1.807, 2.05) is 4.90 Å². The van der Waals surface area contributed by atoms with Crippen LogP contribution in [0.5, 0.6) is 0 Å². The molecule has 7 N–H and O–H groups in total. The number of hydrogen-bond acceptors (Lipinski definition) is 10. The number of benzene rings is 1. The maximum Gasteiger partial charge on any atom is 0.242 e. The van der Waals surface area contributed by atoms with Crippen LogP contribution >= 0.6 is 0 Å². The van der Waals surface area contributed by atoms with Gasteiger partial charge < -0.3 is 16.0 Å². The van der Waals surface area contributed by atoms with Gasteiger partial charge in [-0.25, -0.2) is 26.7 Å². The zero-order chi connectivity index (χ0) is 22.2. The van der Waals surface area contributed by atoms with Crippen LogP contribution in [0.3, 0.4) is 0 Å². The molecule has 2 atom stereocenters. The maximum atomic E-state index is 13.2. The van der Waals surface area contributed by atoms with E-state index in [4.69, 9.17) is 10.9 Å². The molecule has 2 saturated heterocycles. The van der Waals surface area contributed by atoms with Crippen LogP contribution < -0.4 is 25.8 Å². The molecule has 31 heavy (non-hydrogen) atoms. The average Bonchev–Trinajstić information content (AvgIpc) is 3.40. The van der Waals surface area contributed by atoms with Crippen LogP contribution in [-0.4, -0.2) is 75.7 Å². The lowest BCUT2D eigenvalue weighted by molar-refractivity contribution is 0.506. The van der Waals surface area contributed by atoms with E-state index in [0.717, 1.165) is 12.8 Å². The molecule has 15 heteroatoms. The molecular weight excluding hydrogens is 446 g/mol. The summed E-state index contributed by atoms with van der Waals surface area (Å²) in [6.07, 6.45) is 2.22. The Kier molecular flexibility index (Phi) is 5.97. The Morgan fingerprint density at radius 3 is 2.61 bits per heavy atom. The second kappa shape index (κ2) is 8.40. The highest BCUT2D eigenvalue weighted by atomic mass is 32.2. The normalized spacial score (nSPS) is 22.7. The quantitative estimate of drug-likeness (QED) is 0.316. The van der Waals surface area contributed by atoms with Gasteiger partial charge in [0.15, 0.2) is 0 Å². The number of nitrogens with two attached hydrogens (primary N) is 2. The molecule has 2 aliphatic heterocycles. The van der Waals surface area contributed by atoms with E-state index in [0.29, 0.717) is 38.3 Å². The monoisotopic (exact) mass is 471 g/mol. The summed E-state index contributed by atoms with van der Waals surface area (Å²) in [6.45, 7) is 2.19. The lowest BCUT2D eigenvalue weighted by atomic mass is 10.0. The third kappa shape index (κ3) is 4.56. The zero-order valence-corrected chi connectivity index (χ0v) is 18.3. The second-order valence-corrected chi connectivity index (χ2v) is 10.9. The van der Waals surface area contributed by atoms with Crippen molar-refractivity contribution in [3.63, 3.8) is 0 Å². The number of nitrogens with one attached hydrogen (secondary N) is 3. The van der Waals surface area contributed by atoms with Gasteiger partial charge in [-0.3, -0.25) is 0 Å². The van der Waals surface area contributed by atoms with Crippen molar-refractivity contribution in [2.45, 2.75) is 41.1 Å². The van der Waals surface area contributed by atoms with Gasteiger partial charge in [-0.2, -0.15) is 5.21 Å². The zero-order valence-electron chi connectivity index (χ0n) is 16.7. The van der Waals surface area contributed by atoms with Crippen molar-refractivity contribution < 1.29 is 16.8 Å². The van der Waals surface area contributed by atoms with Crippen LogP contribution in [0, 0.1) is 0 Å². The summed E-state index contributed by atoms with van der Waals surface area (Å²) in [5.74, 6) is -0.0715. The number of primary sulfonamides is 1. The Hall–Kier alpha value is -2.17. The molecule has 2 aliphatic rings. The van der Waals surface area contributed by atoms with E-state index in [-0.39, 0.29) is 23.5 Å². The standard InChI is InChI=1S/C16H25N9O4S2/c17-10-2-1-7-25(9-10)12-3-4-13(31(28,29)22-11-5-6-19-8-11)15(30(18,26)27)14(12)16-20-23-24-21-16/h3-4,10-11,19,22H,1-2,5-9,17H2,(H2,18,26,27)(H,20,21,23,24)/t10-,11-/m1/s1. The summed E-state index contributed by atoms with van der Waals surface area (Å²) in [5.41, 5.74) is 6.52. The summed E-state index contributed by atoms with van der Waals surface area (Å²) < 4.78 is 54.3. The summed E-state index contributed by atoms with van der Waals surface area (Å²) in [5, 5.41) is 22.2. The molecule has 0 saturated carbocycles. The number of aromatic nitrogens is 4. The first-order valence-electron chi connectivity index (χ1n) is 9.84. The van der Waals surface area contributed by atoms with Gasteiger partial charge in [-0.15, -0.1) is 10.2 Å². The van der Waals surface area contributed by atoms with Crippen LogP contribution in [0.1, 0.15) is 19.3 Å². The van der Waals surface area contributed by atoms with Gasteiger partial charge in [0, 0.05) is 37.4 Å². The Balaban J connectivity index is 1.92. The van der Waals surface area contributed by atoms with Gasteiger partial charge in [-0.05, 0) is 43.2 Å². The van der Waals surface area contributed by atoms with E-state index >= 15 is 0 Å². The van der Waals surface area contributed by atoms with Crippen LogP contribution in [0.15, 0.2) is 21.9 Å². The first-order chi connectivity index (χ1) is 14.7. The van der Waals surface area contributed by atoms with Crippen LogP contribution in [0.2, 0.25) is 0 Å². The average molecular weight is 472 g/mol. The molecule has 170 valence electrons. The molecule has 1 aromatic carbocycles. The minimum absolute atomic E-state index is 0.0160. The van der Waals surface area contributed by atoms with E-state index in [1.54, 1.807) is 6.07 Å². The fourth-order valence-electron chi connectivity index (χ4n) is 4.06. The smallest absolute Gasteiger partial charge is 0.242 e. The largest absolute Gasteiger partial charge is 0.369 e. The number of rotatable bonds is 6.